The lowest BCUT2D eigenvalue weighted by molar-refractivity contribution is 0.0940. The van der Waals surface area contributed by atoms with Gasteiger partial charge in [0.1, 0.15) is 5.82 Å². The molecule has 0 saturated heterocycles. The average molecular weight is 348 g/mol. The minimum atomic E-state index is -0.128. The number of rotatable bonds is 5. The summed E-state index contributed by atoms with van der Waals surface area (Å²) < 4.78 is 0.780. The summed E-state index contributed by atoms with van der Waals surface area (Å²) in [4.78, 5) is 16.6. The van der Waals surface area contributed by atoms with Crippen LogP contribution in [-0.2, 0) is 6.42 Å². The molecule has 1 aromatic carbocycles. The maximum atomic E-state index is 12.4. The van der Waals surface area contributed by atoms with Crippen molar-refractivity contribution in [2.24, 2.45) is 0 Å². The fourth-order valence-electron chi connectivity index (χ4n) is 2.13. The molecule has 1 atom stereocenters. The van der Waals surface area contributed by atoms with E-state index in [0.717, 1.165) is 10.9 Å². The molecule has 1 unspecified atom stereocenters. The highest BCUT2D eigenvalue weighted by molar-refractivity contribution is 9.10. The number of pyridine rings is 1. The topological polar surface area (TPSA) is 54.0 Å². The second-order valence-electron chi connectivity index (χ2n) is 4.86. The molecule has 0 aliphatic carbocycles. The lowest BCUT2D eigenvalue weighted by atomic mass is 10.1. The minimum Gasteiger partial charge on any atom is -0.372 e. The number of carbonyl (C=O) groups excluding carboxylic acids is 1. The van der Waals surface area contributed by atoms with Gasteiger partial charge in [0, 0.05) is 23.8 Å². The third kappa shape index (κ3) is 4.29. The summed E-state index contributed by atoms with van der Waals surface area (Å²) in [5.74, 6) is 0.444. The molecule has 0 aliphatic rings. The number of amides is 1. The molecule has 0 bridgehead atoms. The molecule has 21 heavy (non-hydrogen) atoms. The Balaban J connectivity index is 2.06. The minimum absolute atomic E-state index is 0.0450. The van der Waals surface area contributed by atoms with Crippen LogP contribution in [0.2, 0.25) is 0 Å². The van der Waals surface area contributed by atoms with Crippen molar-refractivity contribution in [3.8, 4) is 0 Å². The number of aromatic nitrogens is 1. The molecule has 2 aromatic rings. The molecule has 2 N–H and O–H groups in total. The first-order chi connectivity index (χ1) is 10.1. The van der Waals surface area contributed by atoms with Gasteiger partial charge in [0.2, 0.25) is 0 Å². The van der Waals surface area contributed by atoms with Crippen LogP contribution in [0.1, 0.15) is 22.8 Å². The predicted molar refractivity (Wildman–Crippen MR) is 88.6 cm³/mol. The summed E-state index contributed by atoms with van der Waals surface area (Å²) in [6, 6.07) is 11.9. The van der Waals surface area contributed by atoms with E-state index in [1.54, 1.807) is 19.3 Å². The summed E-state index contributed by atoms with van der Waals surface area (Å²) >= 11 is 3.34. The average Bonchev–Trinajstić information content (AvgIpc) is 2.48. The van der Waals surface area contributed by atoms with E-state index in [9.17, 15) is 4.79 Å². The van der Waals surface area contributed by atoms with E-state index in [1.807, 2.05) is 25.1 Å². The van der Waals surface area contributed by atoms with E-state index >= 15 is 0 Å². The Hall–Kier alpha value is -1.88. The van der Waals surface area contributed by atoms with Gasteiger partial charge < -0.3 is 10.6 Å². The fourth-order valence-corrected chi connectivity index (χ4v) is 2.46. The Labute approximate surface area is 133 Å². The molecule has 2 rings (SSSR count). The van der Waals surface area contributed by atoms with Crippen LogP contribution in [0.25, 0.3) is 0 Å². The maximum absolute atomic E-state index is 12.4. The number of benzene rings is 1. The summed E-state index contributed by atoms with van der Waals surface area (Å²) in [5.41, 5.74) is 1.73. The second kappa shape index (κ2) is 7.22. The molecule has 0 spiro atoms. The lowest BCUT2D eigenvalue weighted by Gasteiger charge is -2.15. The smallest absolute Gasteiger partial charge is 0.255 e. The molecule has 0 fully saturated rings. The standard InChI is InChI=1S/C16H18BrN3O/c1-11(8-12-6-4-3-5-7-12)20-16(21)14-9-13(17)10-19-15(14)18-2/h3-7,9-11H,8H2,1-2H3,(H,18,19)(H,20,21). The first-order valence-corrected chi connectivity index (χ1v) is 7.57. The zero-order valence-corrected chi connectivity index (χ0v) is 13.6. The largest absolute Gasteiger partial charge is 0.372 e. The molecular weight excluding hydrogens is 330 g/mol. The second-order valence-corrected chi connectivity index (χ2v) is 5.78. The van der Waals surface area contributed by atoms with Crippen molar-refractivity contribution < 1.29 is 4.79 Å². The first-order valence-electron chi connectivity index (χ1n) is 6.78. The van der Waals surface area contributed by atoms with E-state index in [4.69, 9.17) is 0 Å². The summed E-state index contributed by atoms with van der Waals surface area (Å²) in [7, 11) is 1.75. The highest BCUT2D eigenvalue weighted by Crippen LogP contribution is 2.17. The molecule has 5 heteroatoms. The van der Waals surface area contributed by atoms with Gasteiger partial charge in [-0.1, -0.05) is 30.3 Å². The zero-order chi connectivity index (χ0) is 15.2. The fraction of sp³-hybridized carbons (Fsp3) is 0.250. The number of carbonyl (C=O) groups is 1. The third-order valence-corrected chi connectivity index (χ3v) is 3.53. The zero-order valence-electron chi connectivity index (χ0n) is 12.1. The highest BCUT2D eigenvalue weighted by atomic mass is 79.9. The van der Waals surface area contributed by atoms with Crippen molar-refractivity contribution in [1.29, 1.82) is 0 Å². The normalized spacial score (nSPS) is 11.8. The van der Waals surface area contributed by atoms with Crippen molar-refractivity contribution in [3.05, 3.63) is 58.2 Å². The summed E-state index contributed by atoms with van der Waals surface area (Å²) in [5, 5.41) is 5.94. The van der Waals surface area contributed by atoms with E-state index < -0.39 is 0 Å². The van der Waals surface area contributed by atoms with Crippen LogP contribution >= 0.6 is 15.9 Å². The molecule has 4 nitrogen and oxygen atoms in total. The van der Waals surface area contributed by atoms with Gasteiger partial charge in [-0.25, -0.2) is 4.98 Å². The Morgan fingerprint density at radius 2 is 2.05 bits per heavy atom. The van der Waals surface area contributed by atoms with Gasteiger partial charge >= 0.3 is 0 Å². The van der Waals surface area contributed by atoms with Gasteiger partial charge in [0.15, 0.2) is 0 Å². The molecule has 1 amide bonds. The number of anilines is 1. The van der Waals surface area contributed by atoms with Gasteiger partial charge in [0.05, 0.1) is 5.56 Å². The van der Waals surface area contributed by atoms with E-state index in [0.29, 0.717) is 11.4 Å². The Bertz CT molecular complexity index is 616. The van der Waals surface area contributed by atoms with Crippen LogP contribution in [0.5, 0.6) is 0 Å². The highest BCUT2D eigenvalue weighted by Gasteiger charge is 2.15. The van der Waals surface area contributed by atoms with Crippen LogP contribution in [0.4, 0.5) is 5.82 Å². The van der Waals surface area contributed by atoms with Crippen LogP contribution in [-0.4, -0.2) is 24.0 Å². The number of nitrogens with zero attached hydrogens (tertiary/aromatic N) is 1. The summed E-state index contributed by atoms with van der Waals surface area (Å²) in [6.45, 7) is 2.00. The first kappa shape index (κ1) is 15.5. The monoisotopic (exact) mass is 347 g/mol. The molecule has 0 radical (unpaired) electrons. The molecule has 0 saturated carbocycles. The quantitative estimate of drug-likeness (QED) is 0.872. The molecule has 1 heterocycles. The van der Waals surface area contributed by atoms with E-state index in [2.05, 4.69) is 43.7 Å². The van der Waals surface area contributed by atoms with Crippen LogP contribution in [0.3, 0.4) is 0 Å². The Morgan fingerprint density at radius 1 is 1.33 bits per heavy atom. The van der Waals surface area contributed by atoms with Crippen molar-refractivity contribution in [1.82, 2.24) is 10.3 Å². The van der Waals surface area contributed by atoms with Crippen molar-refractivity contribution in [2.45, 2.75) is 19.4 Å². The van der Waals surface area contributed by atoms with Crippen LogP contribution in [0.15, 0.2) is 47.1 Å². The Morgan fingerprint density at radius 3 is 2.71 bits per heavy atom. The van der Waals surface area contributed by atoms with Gasteiger partial charge in [-0.3, -0.25) is 4.79 Å². The summed E-state index contributed by atoms with van der Waals surface area (Å²) in [6.07, 6.45) is 2.46. The molecule has 0 aliphatic heterocycles. The molecule has 110 valence electrons. The van der Waals surface area contributed by atoms with E-state index in [-0.39, 0.29) is 11.9 Å². The van der Waals surface area contributed by atoms with Crippen LogP contribution in [0, 0.1) is 0 Å². The van der Waals surface area contributed by atoms with Gasteiger partial charge in [-0.2, -0.15) is 0 Å². The van der Waals surface area contributed by atoms with Gasteiger partial charge in [-0.15, -0.1) is 0 Å². The van der Waals surface area contributed by atoms with Gasteiger partial charge in [0.25, 0.3) is 5.91 Å². The molecular formula is C16H18BrN3O. The molecule has 1 aromatic heterocycles. The van der Waals surface area contributed by atoms with Crippen molar-refractivity contribution in [2.75, 3.05) is 12.4 Å². The van der Waals surface area contributed by atoms with Crippen LogP contribution < -0.4 is 10.6 Å². The number of hydrogen-bond donors (Lipinski definition) is 2. The lowest BCUT2D eigenvalue weighted by Crippen LogP contribution is -2.34. The number of halogens is 1. The SMILES string of the molecule is CNc1ncc(Br)cc1C(=O)NC(C)Cc1ccccc1. The van der Waals surface area contributed by atoms with Crippen molar-refractivity contribution >= 4 is 27.7 Å². The van der Waals surface area contributed by atoms with Crippen molar-refractivity contribution in [3.63, 3.8) is 0 Å². The Kier molecular flexibility index (Phi) is 5.33. The van der Waals surface area contributed by atoms with E-state index in [1.165, 1.54) is 5.56 Å². The van der Waals surface area contributed by atoms with Gasteiger partial charge in [-0.05, 0) is 40.9 Å². The number of nitrogens with one attached hydrogen (secondary N) is 2. The number of hydrogen-bond acceptors (Lipinski definition) is 3. The maximum Gasteiger partial charge on any atom is 0.255 e. The third-order valence-electron chi connectivity index (χ3n) is 3.10. The predicted octanol–water partition coefficient (Wildman–Crippen LogP) is 3.25.